The van der Waals surface area contributed by atoms with Crippen LogP contribution in [0.1, 0.15) is 18.9 Å². The molecule has 3 heteroatoms. The lowest BCUT2D eigenvalue weighted by molar-refractivity contribution is -0.116. The van der Waals surface area contributed by atoms with Gasteiger partial charge in [-0.05, 0) is 31.0 Å². The largest absolute Gasteiger partial charge is 0.508 e. The Labute approximate surface area is 85.7 Å². The van der Waals surface area contributed by atoms with Crippen LogP contribution in [0.5, 0.6) is 5.75 Å². The van der Waals surface area contributed by atoms with E-state index < -0.39 is 0 Å². The standard InChI is InChI=1S/C10H11BrO2/c1-7(12)2-3-8-4-5-9(11)6-10(8)13/h4-6,13H,2-3H2,1H3. The van der Waals surface area contributed by atoms with Crippen molar-refractivity contribution < 1.29 is 9.90 Å². The number of rotatable bonds is 3. The predicted octanol–water partition coefficient (Wildman–Crippen LogP) is 2.68. The maximum Gasteiger partial charge on any atom is 0.130 e. The molecule has 0 aliphatic carbocycles. The summed E-state index contributed by atoms with van der Waals surface area (Å²) in [7, 11) is 0. The molecule has 1 N–H and O–H groups in total. The van der Waals surface area contributed by atoms with Crippen molar-refractivity contribution in [2.75, 3.05) is 0 Å². The zero-order valence-electron chi connectivity index (χ0n) is 7.38. The molecular weight excluding hydrogens is 232 g/mol. The molecule has 0 aliphatic heterocycles. The average Bonchev–Trinajstić information content (AvgIpc) is 2.02. The second-order valence-electron chi connectivity index (χ2n) is 2.98. The summed E-state index contributed by atoms with van der Waals surface area (Å²) in [4.78, 5) is 10.7. The Balaban J connectivity index is 2.72. The molecule has 0 unspecified atom stereocenters. The Bertz CT molecular complexity index is 321. The monoisotopic (exact) mass is 242 g/mol. The minimum absolute atomic E-state index is 0.141. The molecule has 0 atom stereocenters. The highest BCUT2D eigenvalue weighted by atomic mass is 79.9. The Hall–Kier alpha value is -0.830. The van der Waals surface area contributed by atoms with Gasteiger partial charge in [0.15, 0.2) is 0 Å². The highest BCUT2D eigenvalue weighted by Gasteiger charge is 2.02. The summed E-state index contributed by atoms with van der Waals surface area (Å²) >= 11 is 3.25. The third-order valence-electron chi connectivity index (χ3n) is 1.79. The van der Waals surface area contributed by atoms with Crippen LogP contribution >= 0.6 is 15.9 Å². The number of aromatic hydroxyl groups is 1. The third kappa shape index (κ3) is 3.19. The van der Waals surface area contributed by atoms with E-state index in [0.29, 0.717) is 12.8 Å². The molecule has 0 bridgehead atoms. The van der Waals surface area contributed by atoms with Crippen molar-refractivity contribution in [3.05, 3.63) is 28.2 Å². The zero-order chi connectivity index (χ0) is 9.84. The topological polar surface area (TPSA) is 37.3 Å². The number of carbonyl (C=O) groups excluding carboxylic acids is 1. The molecule has 1 rings (SSSR count). The highest BCUT2D eigenvalue weighted by Crippen LogP contribution is 2.23. The number of hydrogen-bond acceptors (Lipinski definition) is 2. The van der Waals surface area contributed by atoms with Gasteiger partial charge in [0.25, 0.3) is 0 Å². The molecule has 0 heterocycles. The molecule has 0 spiro atoms. The first kappa shape index (κ1) is 10.3. The summed E-state index contributed by atoms with van der Waals surface area (Å²) in [5.74, 6) is 0.387. The molecule has 1 aromatic rings. The normalized spacial score (nSPS) is 10.0. The van der Waals surface area contributed by atoms with Crippen LogP contribution in [0, 0.1) is 0 Å². The van der Waals surface area contributed by atoms with Gasteiger partial charge >= 0.3 is 0 Å². The number of hydrogen-bond donors (Lipinski definition) is 1. The second-order valence-corrected chi connectivity index (χ2v) is 3.89. The van der Waals surface area contributed by atoms with Crippen molar-refractivity contribution >= 4 is 21.7 Å². The molecule has 1 aromatic carbocycles. The zero-order valence-corrected chi connectivity index (χ0v) is 8.97. The number of phenolic OH excluding ortho intramolecular Hbond substituents is 1. The van der Waals surface area contributed by atoms with Gasteiger partial charge in [-0.1, -0.05) is 22.0 Å². The maximum absolute atomic E-state index is 10.7. The first-order valence-corrected chi connectivity index (χ1v) is 4.85. The van der Waals surface area contributed by atoms with Gasteiger partial charge in [0.05, 0.1) is 0 Å². The first-order chi connectivity index (χ1) is 6.09. The molecule has 0 amide bonds. The summed E-state index contributed by atoms with van der Waals surface area (Å²) in [5.41, 5.74) is 0.818. The van der Waals surface area contributed by atoms with Crippen molar-refractivity contribution in [1.82, 2.24) is 0 Å². The molecule has 0 aliphatic rings. The highest BCUT2D eigenvalue weighted by molar-refractivity contribution is 9.10. The molecule has 0 aromatic heterocycles. The molecule has 13 heavy (non-hydrogen) atoms. The fourth-order valence-electron chi connectivity index (χ4n) is 1.06. The van der Waals surface area contributed by atoms with Gasteiger partial charge in [0.1, 0.15) is 11.5 Å². The average molecular weight is 243 g/mol. The van der Waals surface area contributed by atoms with E-state index in [0.717, 1.165) is 10.0 Å². The Morgan fingerprint density at radius 1 is 1.54 bits per heavy atom. The smallest absolute Gasteiger partial charge is 0.130 e. The van der Waals surface area contributed by atoms with Crippen LogP contribution in [0.15, 0.2) is 22.7 Å². The van der Waals surface area contributed by atoms with E-state index in [9.17, 15) is 9.90 Å². The van der Waals surface area contributed by atoms with E-state index in [1.165, 1.54) is 0 Å². The van der Waals surface area contributed by atoms with Crippen molar-refractivity contribution in [3.8, 4) is 5.75 Å². The van der Waals surface area contributed by atoms with Crippen LogP contribution in [-0.4, -0.2) is 10.9 Å². The van der Waals surface area contributed by atoms with E-state index in [4.69, 9.17) is 0 Å². The van der Waals surface area contributed by atoms with Crippen LogP contribution in [-0.2, 0) is 11.2 Å². The van der Waals surface area contributed by atoms with Crippen molar-refractivity contribution in [3.63, 3.8) is 0 Å². The van der Waals surface area contributed by atoms with Crippen LogP contribution in [0.3, 0.4) is 0 Å². The number of aryl methyl sites for hydroxylation is 1. The van der Waals surface area contributed by atoms with Crippen LogP contribution < -0.4 is 0 Å². The number of Topliss-reactive ketones (excluding diaryl/α,β-unsaturated/α-hetero) is 1. The Morgan fingerprint density at radius 2 is 2.23 bits per heavy atom. The van der Waals surface area contributed by atoms with Gasteiger partial charge in [0, 0.05) is 10.9 Å². The van der Waals surface area contributed by atoms with Crippen molar-refractivity contribution in [2.24, 2.45) is 0 Å². The first-order valence-electron chi connectivity index (χ1n) is 4.06. The molecular formula is C10H11BrO2. The lowest BCUT2D eigenvalue weighted by atomic mass is 10.1. The van der Waals surface area contributed by atoms with E-state index >= 15 is 0 Å². The maximum atomic E-state index is 10.7. The van der Waals surface area contributed by atoms with Crippen LogP contribution in [0.2, 0.25) is 0 Å². The minimum atomic E-state index is 0.141. The fraction of sp³-hybridized carbons (Fsp3) is 0.300. The van der Waals surface area contributed by atoms with E-state index in [1.54, 1.807) is 13.0 Å². The summed E-state index contributed by atoms with van der Waals surface area (Å²) in [6.07, 6.45) is 1.09. The van der Waals surface area contributed by atoms with Crippen LogP contribution in [0.25, 0.3) is 0 Å². The quantitative estimate of drug-likeness (QED) is 0.886. The molecule has 2 nitrogen and oxygen atoms in total. The molecule has 70 valence electrons. The van der Waals surface area contributed by atoms with E-state index in [-0.39, 0.29) is 11.5 Å². The second kappa shape index (κ2) is 4.42. The molecule has 0 saturated heterocycles. The van der Waals surface area contributed by atoms with Crippen molar-refractivity contribution in [2.45, 2.75) is 19.8 Å². The van der Waals surface area contributed by atoms with E-state index in [2.05, 4.69) is 15.9 Å². The summed E-state index contributed by atoms with van der Waals surface area (Å²) in [6.45, 7) is 1.55. The number of carbonyl (C=O) groups is 1. The molecule has 0 radical (unpaired) electrons. The van der Waals surface area contributed by atoms with Crippen molar-refractivity contribution in [1.29, 1.82) is 0 Å². The van der Waals surface area contributed by atoms with Gasteiger partial charge in [-0.3, -0.25) is 0 Å². The van der Waals surface area contributed by atoms with Gasteiger partial charge in [-0.15, -0.1) is 0 Å². The lowest BCUT2D eigenvalue weighted by Gasteiger charge is -2.02. The number of ketones is 1. The summed E-state index contributed by atoms with van der Waals surface area (Å²) in [5, 5.41) is 9.46. The number of benzene rings is 1. The Kier molecular flexibility index (Phi) is 3.48. The fourth-order valence-corrected chi connectivity index (χ4v) is 1.41. The lowest BCUT2D eigenvalue weighted by Crippen LogP contribution is -1.94. The van der Waals surface area contributed by atoms with Gasteiger partial charge in [-0.25, -0.2) is 0 Å². The van der Waals surface area contributed by atoms with E-state index in [1.807, 2.05) is 12.1 Å². The van der Waals surface area contributed by atoms with Gasteiger partial charge in [0.2, 0.25) is 0 Å². The Morgan fingerprint density at radius 3 is 2.77 bits per heavy atom. The number of phenols is 1. The predicted molar refractivity (Wildman–Crippen MR) is 54.8 cm³/mol. The SMILES string of the molecule is CC(=O)CCc1ccc(Br)cc1O. The summed E-state index contributed by atoms with van der Waals surface area (Å²) < 4.78 is 0.844. The molecule has 0 fully saturated rings. The van der Waals surface area contributed by atoms with Crippen LogP contribution in [0.4, 0.5) is 0 Å². The third-order valence-corrected chi connectivity index (χ3v) is 2.29. The summed E-state index contributed by atoms with van der Waals surface area (Å²) in [6, 6.07) is 5.31. The van der Waals surface area contributed by atoms with Gasteiger partial charge < -0.3 is 9.90 Å². The van der Waals surface area contributed by atoms with Gasteiger partial charge in [-0.2, -0.15) is 0 Å². The minimum Gasteiger partial charge on any atom is -0.508 e. The number of halogens is 1. The molecule has 0 saturated carbocycles.